The van der Waals surface area contributed by atoms with Crippen molar-refractivity contribution >= 4 is 5.97 Å². The molecule has 1 rings (SSSR count). The summed E-state index contributed by atoms with van der Waals surface area (Å²) in [6.45, 7) is 1.64. The van der Waals surface area contributed by atoms with Crippen molar-refractivity contribution < 1.29 is 14.4 Å². The molecular weight excluding hydrogens is 136 g/mol. The quantitative estimate of drug-likeness (QED) is 0.435. The van der Waals surface area contributed by atoms with Crippen molar-refractivity contribution in [1.82, 2.24) is 5.32 Å². The van der Waals surface area contributed by atoms with E-state index in [1.807, 2.05) is 0 Å². The van der Waals surface area contributed by atoms with Crippen molar-refractivity contribution in [2.45, 2.75) is 6.04 Å². The number of nitrogens with one attached hydrogen (secondary N) is 1. The summed E-state index contributed by atoms with van der Waals surface area (Å²) < 4.78 is 4.99. The van der Waals surface area contributed by atoms with Gasteiger partial charge in [-0.15, -0.1) is 0 Å². The van der Waals surface area contributed by atoms with E-state index in [4.69, 9.17) is 4.74 Å². The largest absolute Gasteiger partial charge is 0.378 e. The molecule has 1 aliphatic rings. The van der Waals surface area contributed by atoms with Crippen molar-refractivity contribution in [3.05, 3.63) is 0 Å². The predicted molar refractivity (Wildman–Crippen MR) is 32.9 cm³/mol. The van der Waals surface area contributed by atoms with Crippen LogP contribution in [0.15, 0.2) is 0 Å². The van der Waals surface area contributed by atoms with Crippen LogP contribution in [0.5, 0.6) is 0 Å². The SMILES string of the molecule is NOC(=O)C1COCCN1. The number of hydrogen-bond donors (Lipinski definition) is 2. The molecule has 1 atom stereocenters. The molecule has 0 amide bonds. The Morgan fingerprint density at radius 3 is 3.10 bits per heavy atom. The average molecular weight is 146 g/mol. The molecule has 0 aliphatic carbocycles. The molecule has 58 valence electrons. The molecule has 0 saturated carbocycles. The van der Waals surface area contributed by atoms with E-state index in [-0.39, 0.29) is 0 Å². The Hall–Kier alpha value is -0.650. The van der Waals surface area contributed by atoms with Gasteiger partial charge in [-0.2, -0.15) is 5.90 Å². The Bertz CT molecular complexity index is 122. The minimum absolute atomic E-state index is 0.343. The van der Waals surface area contributed by atoms with Crippen LogP contribution in [0, 0.1) is 0 Å². The summed E-state index contributed by atoms with van der Waals surface area (Å²) in [7, 11) is 0. The molecule has 0 aromatic rings. The molecule has 1 saturated heterocycles. The zero-order chi connectivity index (χ0) is 7.40. The maximum atomic E-state index is 10.7. The van der Waals surface area contributed by atoms with Crippen LogP contribution in [-0.2, 0) is 14.4 Å². The Labute approximate surface area is 58.4 Å². The Morgan fingerprint density at radius 1 is 1.80 bits per heavy atom. The predicted octanol–water partition coefficient (Wildman–Crippen LogP) is -1.61. The Morgan fingerprint density at radius 2 is 2.60 bits per heavy atom. The fourth-order valence-electron chi connectivity index (χ4n) is 0.799. The lowest BCUT2D eigenvalue weighted by Crippen LogP contribution is -2.47. The molecule has 3 N–H and O–H groups in total. The lowest BCUT2D eigenvalue weighted by atomic mass is 10.3. The van der Waals surface area contributed by atoms with E-state index >= 15 is 0 Å². The Balaban J connectivity index is 2.31. The van der Waals surface area contributed by atoms with Crippen LogP contribution in [0.3, 0.4) is 0 Å². The minimum atomic E-state index is -0.472. The summed E-state index contributed by atoms with van der Waals surface area (Å²) in [4.78, 5) is 14.7. The van der Waals surface area contributed by atoms with Gasteiger partial charge in [0.15, 0.2) is 0 Å². The van der Waals surface area contributed by atoms with Gasteiger partial charge in [0.25, 0.3) is 0 Å². The average Bonchev–Trinajstić information content (AvgIpc) is 2.05. The summed E-state index contributed by atoms with van der Waals surface area (Å²) in [6, 6.07) is -0.390. The molecule has 5 heteroatoms. The van der Waals surface area contributed by atoms with Gasteiger partial charge in [-0.25, -0.2) is 4.79 Å². The van der Waals surface area contributed by atoms with Crippen molar-refractivity contribution in [2.24, 2.45) is 5.90 Å². The molecule has 10 heavy (non-hydrogen) atoms. The van der Waals surface area contributed by atoms with Crippen LogP contribution in [0.1, 0.15) is 0 Å². The standard InChI is InChI=1S/C5H10N2O3/c6-10-5(8)4-3-9-2-1-7-4/h4,7H,1-3,6H2. The fourth-order valence-corrected chi connectivity index (χ4v) is 0.799. The zero-order valence-corrected chi connectivity index (χ0v) is 5.50. The van der Waals surface area contributed by atoms with Crippen LogP contribution in [-0.4, -0.2) is 31.8 Å². The van der Waals surface area contributed by atoms with Gasteiger partial charge in [-0.3, -0.25) is 0 Å². The lowest BCUT2D eigenvalue weighted by molar-refractivity contribution is -0.149. The number of morpholine rings is 1. The summed E-state index contributed by atoms with van der Waals surface area (Å²) in [6.07, 6.45) is 0. The normalized spacial score (nSPS) is 25.9. The van der Waals surface area contributed by atoms with Crippen LogP contribution in [0.25, 0.3) is 0 Å². The number of rotatable bonds is 1. The third-order valence-corrected chi connectivity index (χ3v) is 1.32. The molecule has 0 aromatic carbocycles. The van der Waals surface area contributed by atoms with E-state index in [0.29, 0.717) is 19.8 Å². The number of nitrogens with two attached hydrogens (primary N) is 1. The molecule has 0 spiro atoms. The highest BCUT2D eigenvalue weighted by molar-refractivity contribution is 5.75. The molecular formula is C5H10N2O3. The first kappa shape index (κ1) is 7.46. The van der Waals surface area contributed by atoms with Crippen LogP contribution in [0.2, 0.25) is 0 Å². The minimum Gasteiger partial charge on any atom is -0.378 e. The smallest absolute Gasteiger partial charge is 0.343 e. The maximum Gasteiger partial charge on any atom is 0.343 e. The summed E-state index contributed by atoms with van der Waals surface area (Å²) >= 11 is 0. The first-order chi connectivity index (χ1) is 4.84. The first-order valence-corrected chi connectivity index (χ1v) is 3.06. The van der Waals surface area contributed by atoms with E-state index in [1.54, 1.807) is 0 Å². The third-order valence-electron chi connectivity index (χ3n) is 1.32. The van der Waals surface area contributed by atoms with Gasteiger partial charge in [0.1, 0.15) is 6.04 Å². The molecule has 1 fully saturated rings. The van der Waals surface area contributed by atoms with E-state index < -0.39 is 12.0 Å². The number of ether oxygens (including phenoxy) is 1. The number of hydrogen-bond acceptors (Lipinski definition) is 5. The van der Waals surface area contributed by atoms with E-state index in [1.165, 1.54) is 0 Å². The summed E-state index contributed by atoms with van der Waals surface area (Å²) in [5.41, 5.74) is 0. The van der Waals surface area contributed by atoms with Gasteiger partial charge in [0.05, 0.1) is 13.2 Å². The summed E-state index contributed by atoms with van der Waals surface area (Å²) in [5, 5.41) is 2.89. The van der Waals surface area contributed by atoms with E-state index in [2.05, 4.69) is 16.1 Å². The van der Waals surface area contributed by atoms with Gasteiger partial charge in [0, 0.05) is 6.54 Å². The van der Waals surface area contributed by atoms with Gasteiger partial charge < -0.3 is 14.9 Å². The van der Waals surface area contributed by atoms with Crippen molar-refractivity contribution in [1.29, 1.82) is 0 Å². The van der Waals surface area contributed by atoms with Gasteiger partial charge in [-0.1, -0.05) is 0 Å². The molecule has 0 aromatic heterocycles. The highest BCUT2D eigenvalue weighted by Crippen LogP contribution is 1.93. The number of carbonyl (C=O) groups excluding carboxylic acids is 1. The van der Waals surface area contributed by atoms with Crippen LogP contribution < -0.4 is 11.2 Å². The number of carbonyl (C=O) groups is 1. The second kappa shape index (κ2) is 3.50. The topological polar surface area (TPSA) is 73.6 Å². The highest BCUT2D eigenvalue weighted by atomic mass is 16.7. The maximum absolute atomic E-state index is 10.7. The second-order valence-electron chi connectivity index (χ2n) is 2.02. The van der Waals surface area contributed by atoms with Crippen molar-refractivity contribution in [2.75, 3.05) is 19.8 Å². The van der Waals surface area contributed by atoms with Gasteiger partial charge in [0.2, 0.25) is 0 Å². The fraction of sp³-hybridized carbons (Fsp3) is 0.800. The van der Waals surface area contributed by atoms with E-state index in [9.17, 15) is 4.79 Å². The first-order valence-electron chi connectivity index (χ1n) is 3.06. The van der Waals surface area contributed by atoms with E-state index in [0.717, 1.165) is 0 Å². The highest BCUT2D eigenvalue weighted by Gasteiger charge is 2.21. The van der Waals surface area contributed by atoms with Crippen LogP contribution >= 0.6 is 0 Å². The molecule has 0 radical (unpaired) electrons. The molecule has 1 heterocycles. The molecule has 0 bridgehead atoms. The summed E-state index contributed by atoms with van der Waals surface area (Å²) in [5.74, 6) is 4.19. The zero-order valence-electron chi connectivity index (χ0n) is 5.50. The second-order valence-corrected chi connectivity index (χ2v) is 2.02. The van der Waals surface area contributed by atoms with Crippen molar-refractivity contribution in [3.63, 3.8) is 0 Å². The molecule has 5 nitrogen and oxygen atoms in total. The van der Waals surface area contributed by atoms with Crippen molar-refractivity contribution in [3.8, 4) is 0 Å². The van der Waals surface area contributed by atoms with Gasteiger partial charge in [-0.05, 0) is 0 Å². The third kappa shape index (κ3) is 1.66. The lowest BCUT2D eigenvalue weighted by Gasteiger charge is -2.20. The molecule has 1 unspecified atom stereocenters. The van der Waals surface area contributed by atoms with Gasteiger partial charge >= 0.3 is 5.97 Å². The molecule has 1 aliphatic heterocycles. The monoisotopic (exact) mass is 146 g/mol. The Kier molecular flexibility index (Phi) is 2.61. The van der Waals surface area contributed by atoms with Crippen LogP contribution in [0.4, 0.5) is 0 Å².